The highest BCUT2D eigenvalue weighted by Crippen LogP contribution is 2.10. The van der Waals surface area contributed by atoms with Crippen LogP contribution in [0.5, 0.6) is 5.75 Å². The van der Waals surface area contributed by atoms with Gasteiger partial charge in [0.1, 0.15) is 11.6 Å². The molecule has 0 radical (unpaired) electrons. The SMILES string of the molecule is CCCNCc1cnc(C)n1CCCOc1ccccc1. The summed E-state index contributed by atoms with van der Waals surface area (Å²) in [6.07, 6.45) is 4.10. The Morgan fingerprint density at radius 1 is 1.24 bits per heavy atom. The van der Waals surface area contributed by atoms with Gasteiger partial charge in [0.2, 0.25) is 0 Å². The molecule has 0 unspecified atom stereocenters. The van der Waals surface area contributed by atoms with E-state index in [-0.39, 0.29) is 0 Å². The number of rotatable bonds is 9. The molecule has 0 saturated carbocycles. The molecule has 0 aliphatic heterocycles. The molecule has 0 aliphatic carbocycles. The number of ether oxygens (including phenoxy) is 1. The summed E-state index contributed by atoms with van der Waals surface area (Å²) in [7, 11) is 0. The lowest BCUT2D eigenvalue weighted by Gasteiger charge is -2.11. The van der Waals surface area contributed by atoms with Crippen molar-refractivity contribution in [2.45, 2.75) is 39.8 Å². The smallest absolute Gasteiger partial charge is 0.119 e. The first-order valence-corrected chi connectivity index (χ1v) is 7.71. The first-order valence-electron chi connectivity index (χ1n) is 7.71. The highest BCUT2D eigenvalue weighted by molar-refractivity contribution is 5.20. The second-order valence-electron chi connectivity index (χ2n) is 5.14. The highest BCUT2D eigenvalue weighted by Gasteiger charge is 2.05. The lowest BCUT2D eigenvalue weighted by atomic mass is 10.3. The topological polar surface area (TPSA) is 39.1 Å². The van der Waals surface area contributed by atoms with Crippen molar-refractivity contribution in [3.05, 3.63) is 48.0 Å². The molecular formula is C17H25N3O. The van der Waals surface area contributed by atoms with E-state index in [1.165, 1.54) is 5.69 Å². The zero-order chi connectivity index (χ0) is 14.9. The second-order valence-corrected chi connectivity index (χ2v) is 5.14. The molecule has 2 aromatic rings. The predicted molar refractivity (Wildman–Crippen MR) is 85.5 cm³/mol. The Morgan fingerprint density at radius 2 is 2.05 bits per heavy atom. The van der Waals surface area contributed by atoms with Crippen LogP contribution in [0.2, 0.25) is 0 Å². The Labute approximate surface area is 127 Å². The molecule has 0 spiro atoms. The van der Waals surface area contributed by atoms with Crippen LogP contribution in [0, 0.1) is 6.92 Å². The van der Waals surface area contributed by atoms with Crippen molar-refractivity contribution in [1.82, 2.24) is 14.9 Å². The van der Waals surface area contributed by atoms with Gasteiger partial charge in [0.25, 0.3) is 0 Å². The van der Waals surface area contributed by atoms with Gasteiger partial charge in [-0.2, -0.15) is 0 Å². The van der Waals surface area contributed by atoms with Gasteiger partial charge in [-0.25, -0.2) is 4.98 Å². The largest absolute Gasteiger partial charge is 0.494 e. The van der Waals surface area contributed by atoms with Gasteiger partial charge in [-0.3, -0.25) is 0 Å². The minimum Gasteiger partial charge on any atom is -0.494 e. The first-order chi connectivity index (χ1) is 10.3. The third kappa shape index (κ3) is 4.90. The minimum absolute atomic E-state index is 0.726. The molecular weight excluding hydrogens is 262 g/mol. The molecule has 0 fully saturated rings. The maximum atomic E-state index is 5.73. The molecule has 1 N–H and O–H groups in total. The second kappa shape index (κ2) is 8.47. The summed E-state index contributed by atoms with van der Waals surface area (Å²) in [5.41, 5.74) is 1.25. The molecule has 0 aliphatic rings. The van der Waals surface area contributed by atoms with E-state index in [0.29, 0.717) is 0 Å². The van der Waals surface area contributed by atoms with E-state index in [9.17, 15) is 0 Å². The lowest BCUT2D eigenvalue weighted by molar-refractivity contribution is 0.300. The van der Waals surface area contributed by atoms with Crippen LogP contribution >= 0.6 is 0 Å². The van der Waals surface area contributed by atoms with E-state index in [4.69, 9.17) is 4.74 Å². The van der Waals surface area contributed by atoms with Crippen molar-refractivity contribution in [1.29, 1.82) is 0 Å². The van der Waals surface area contributed by atoms with E-state index >= 15 is 0 Å². The standard InChI is InChI=1S/C17H25N3O/c1-3-10-18-13-16-14-19-15(2)20(16)11-7-12-21-17-8-5-4-6-9-17/h4-6,8-9,14,18H,3,7,10-13H2,1-2H3. The lowest BCUT2D eigenvalue weighted by Crippen LogP contribution is -2.18. The Balaban J connectivity index is 1.78. The number of aromatic nitrogens is 2. The number of hydrogen-bond acceptors (Lipinski definition) is 3. The van der Waals surface area contributed by atoms with Crippen LogP contribution in [0.4, 0.5) is 0 Å². The van der Waals surface area contributed by atoms with Crippen LogP contribution in [0.15, 0.2) is 36.5 Å². The number of benzene rings is 1. The van der Waals surface area contributed by atoms with Crippen molar-refractivity contribution >= 4 is 0 Å². The predicted octanol–water partition coefficient (Wildman–Crippen LogP) is 3.16. The van der Waals surface area contributed by atoms with Crippen molar-refractivity contribution in [2.75, 3.05) is 13.2 Å². The zero-order valence-electron chi connectivity index (χ0n) is 13.0. The molecule has 0 saturated heterocycles. The van der Waals surface area contributed by atoms with Crippen LogP contribution in [0.25, 0.3) is 0 Å². The number of nitrogens with one attached hydrogen (secondary N) is 1. The summed E-state index contributed by atoms with van der Waals surface area (Å²) >= 11 is 0. The Kier molecular flexibility index (Phi) is 6.28. The van der Waals surface area contributed by atoms with Gasteiger partial charge in [-0.15, -0.1) is 0 Å². The normalized spacial score (nSPS) is 10.8. The van der Waals surface area contributed by atoms with Gasteiger partial charge in [0.05, 0.1) is 12.3 Å². The van der Waals surface area contributed by atoms with Gasteiger partial charge < -0.3 is 14.6 Å². The van der Waals surface area contributed by atoms with Gasteiger partial charge in [-0.05, 0) is 38.4 Å². The van der Waals surface area contributed by atoms with Crippen molar-refractivity contribution in [3.8, 4) is 5.75 Å². The summed E-state index contributed by atoms with van der Waals surface area (Å²) in [6, 6.07) is 9.96. The molecule has 1 heterocycles. The fraction of sp³-hybridized carbons (Fsp3) is 0.471. The number of hydrogen-bond donors (Lipinski definition) is 1. The fourth-order valence-electron chi connectivity index (χ4n) is 2.28. The van der Waals surface area contributed by atoms with E-state index in [2.05, 4.69) is 28.7 Å². The molecule has 0 bridgehead atoms. The summed E-state index contributed by atoms with van der Waals surface area (Å²) < 4.78 is 8.01. The zero-order valence-corrected chi connectivity index (χ0v) is 13.0. The number of nitrogens with zero attached hydrogens (tertiary/aromatic N) is 2. The first kappa shape index (κ1) is 15.6. The third-order valence-corrected chi connectivity index (χ3v) is 3.41. The highest BCUT2D eigenvalue weighted by atomic mass is 16.5. The Hall–Kier alpha value is -1.81. The van der Waals surface area contributed by atoms with Crippen LogP contribution in [0.3, 0.4) is 0 Å². The van der Waals surface area contributed by atoms with E-state index in [1.54, 1.807) is 0 Å². The average Bonchev–Trinajstić information content (AvgIpc) is 2.86. The van der Waals surface area contributed by atoms with E-state index in [0.717, 1.165) is 50.7 Å². The molecule has 4 nitrogen and oxygen atoms in total. The van der Waals surface area contributed by atoms with Crippen molar-refractivity contribution in [2.24, 2.45) is 0 Å². The Bertz CT molecular complexity index is 522. The monoisotopic (exact) mass is 287 g/mol. The van der Waals surface area contributed by atoms with Gasteiger partial charge in [-0.1, -0.05) is 25.1 Å². The molecule has 0 amide bonds. The quantitative estimate of drug-likeness (QED) is 0.720. The molecule has 21 heavy (non-hydrogen) atoms. The minimum atomic E-state index is 0.726. The van der Waals surface area contributed by atoms with Gasteiger partial charge in [0, 0.05) is 19.3 Å². The maximum Gasteiger partial charge on any atom is 0.119 e. The van der Waals surface area contributed by atoms with Crippen LogP contribution in [0.1, 0.15) is 31.3 Å². The van der Waals surface area contributed by atoms with E-state index < -0.39 is 0 Å². The van der Waals surface area contributed by atoms with Crippen LogP contribution in [-0.4, -0.2) is 22.7 Å². The van der Waals surface area contributed by atoms with Gasteiger partial charge >= 0.3 is 0 Å². The summed E-state index contributed by atoms with van der Waals surface area (Å²) in [5, 5.41) is 3.43. The Morgan fingerprint density at radius 3 is 2.81 bits per heavy atom. The summed E-state index contributed by atoms with van der Waals surface area (Å²) in [4.78, 5) is 4.41. The fourth-order valence-corrected chi connectivity index (χ4v) is 2.28. The summed E-state index contributed by atoms with van der Waals surface area (Å²) in [5.74, 6) is 2.01. The number of imidazole rings is 1. The molecule has 114 valence electrons. The van der Waals surface area contributed by atoms with Crippen LogP contribution in [-0.2, 0) is 13.1 Å². The van der Waals surface area contributed by atoms with Gasteiger partial charge in [0.15, 0.2) is 0 Å². The summed E-state index contributed by atoms with van der Waals surface area (Å²) in [6.45, 7) is 7.83. The van der Waals surface area contributed by atoms with Crippen LogP contribution < -0.4 is 10.1 Å². The molecule has 1 aromatic heterocycles. The van der Waals surface area contributed by atoms with E-state index in [1.807, 2.05) is 36.5 Å². The number of aryl methyl sites for hydroxylation is 1. The molecule has 1 aromatic carbocycles. The maximum absolute atomic E-state index is 5.73. The van der Waals surface area contributed by atoms with Crippen molar-refractivity contribution < 1.29 is 4.74 Å². The third-order valence-electron chi connectivity index (χ3n) is 3.41. The molecule has 0 atom stereocenters. The average molecular weight is 287 g/mol. The van der Waals surface area contributed by atoms with Crippen molar-refractivity contribution in [3.63, 3.8) is 0 Å². The molecule has 4 heteroatoms. The molecule has 2 rings (SSSR count). The number of para-hydroxylation sites is 1.